The molecule has 5 nitrogen and oxygen atoms in total. The van der Waals surface area contributed by atoms with Crippen molar-refractivity contribution in [2.45, 2.75) is 0 Å². The van der Waals surface area contributed by atoms with Crippen LogP contribution in [0.15, 0.2) is 48.8 Å². The summed E-state index contributed by atoms with van der Waals surface area (Å²) >= 11 is 0. The summed E-state index contributed by atoms with van der Waals surface area (Å²) < 4.78 is 0. The van der Waals surface area contributed by atoms with E-state index in [1.807, 2.05) is 18.2 Å². The first-order valence-corrected chi connectivity index (χ1v) is 5.29. The van der Waals surface area contributed by atoms with Crippen molar-refractivity contribution >= 4 is 17.5 Å². The number of hydrogen-bond acceptors (Lipinski definition) is 4. The number of nitrogens with two attached hydrogens (primary N) is 1. The number of benzene rings is 1. The van der Waals surface area contributed by atoms with E-state index in [1.165, 1.54) is 0 Å². The van der Waals surface area contributed by atoms with Crippen LogP contribution >= 0.6 is 0 Å². The van der Waals surface area contributed by atoms with E-state index in [2.05, 4.69) is 10.3 Å². The minimum Gasteiger partial charge on any atom is -0.398 e. The number of aromatic nitrogens is 1. The number of rotatable bonds is 0. The highest BCUT2D eigenvalue weighted by Gasteiger charge is 2.27. The van der Waals surface area contributed by atoms with Gasteiger partial charge in [0.05, 0.1) is 11.1 Å². The zero-order valence-electron chi connectivity index (χ0n) is 9.46. The molecule has 1 aromatic heterocycles. The van der Waals surface area contributed by atoms with E-state index in [0.29, 0.717) is 16.8 Å². The van der Waals surface area contributed by atoms with Crippen LogP contribution in [-0.2, 0) is 0 Å². The van der Waals surface area contributed by atoms with Gasteiger partial charge in [0.1, 0.15) is 0 Å². The van der Waals surface area contributed by atoms with Gasteiger partial charge in [-0.2, -0.15) is 0 Å². The van der Waals surface area contributed by atoms with Crippen molar-refractivity contribution in [3.63, 3.8) is 0 Å². The van der Waals surface area contributed by atoms with Gasteiger partial charge in [0.15, 0.2) is 0 Å². The minimum absolute atomic E-state index is 0.294. The van der Waals surface area contributed by atoms with Gasteiger partial charge in [-0.25, -0.2) is 0 Å². The van der Waals surface area contributed by atoms with Gasteiger partial charge in [0.25, 0.3) is 11.8 Å². The molecule has 0 aliphatic carbocycles. The Morgan fingerprint density at radius 2 is 1.67 bits per heavy atom. The molecule has 0 radical (unpaired) electrons. The quantitative estimate of drug-likeness (QED) is 0.536. The van der Waals surface area contributed by atoms with E-state index in [4.69, 9.17) is 5.73 Å². The minimum atomic E-state index is -0.409. The molecule has 1 aromatic carbocycles. The second-order valence-electron chi connectivity index (χ2n) is 3.58. The largest absolute Gasteiger partial charge is 0.398 e. The highest BCUT2D eigenvalue weighted by Crippen LogP contribution is 2.20. The van der Waals surface area contributed by atoms with Crippen LogP contribution in [0.5, 0.6) is 0 Å². The van der Waals surface area contributed by atoms with Gasteiger partial charge in [-0.1, -0.05) is 12.1 Å². The average molecular weight is 241 g/mol. The summed E-state index contributed by atoms with van der Waals surface area (Å²) in [4.78, 5) is 25.9. The molecule has 5 heteroatoms. The van der Waals surface area contributed by atoms with Gasteiger partial charge in [-0.15, -0.1) is 0 Å². The third-order valence-electron chi connectivity index (χ3n) is 2.36. The van der Waals surface area contributed by atoms with Crippen molar-refractivity contribution in [1.82, 2.24) is 10.3 Å². The van der Waals surface area contributed by atoms with Crippen molar-refractivity contribution in [2.75, 3.05) is 5.73 Å². The number of amides is 2. The zero-order chi connectivity index (χ0) is 13.0. The molecule has 90 valence electrons. The van der Waals surface area contributed by atoms with Crippen molar-refractivity contribution in [3.8, 4) is 0 Å². The smallest absolute Gasteiger partial charge is 0.261 e. The van der Waals surface area contributed by atoms with E-state index in [0.717, 1.165) is 0 Å². The van der Waals surface area contributed by atoms with Gasteiger partial charge in [-0.3, -0.25) is 19.9 Å². The van der Waals surface area contributed by atoms with E-state index < -0.39 is 5.91 Å². The van der Waals surface area contributed by atoms with Crippen molar-refractivity contribution < 1.29 is 9.59 Å². The van der Waals surface area contributed by atoms with Crippen LogP contribution in [-0.4, -0.2) is 16.8 Å². The normalized spacial score (nSPS) is 12.2. The number of nitrogens with zero attached hydrogens (tertiary/aromatic N) is 1. The number of anilines is 1. The molecule has 1 aliphatic heterocycles. The second kappa shape index (κ2) is 5.09. The maximum Gasteiger partial charge on any atom is 0.261 e. The van der Waals surface area contributed by atoms with Crippen LogP contribution in [0.25, 0.3) is 0 Å². The molecule has 0 saturated carbocycles. The molecule has 3 rings (SSSR count). The topological polar surface area (TPSA) is 85.1 Å². The molecular formula is C13H11N3O2. The molecular weight excluding hydrogens is 230 g/mol. The molecule has 0 saturated heterocycles. The standard InChI is InChI=1S/C8H6N2O2.C5H5N/c9-5-3-1-2-4-6(5)8(12)10-7(4)11;1-2-4-6-5-3-1/h1-3H,9H2,(H,10,11,12);1-5H. The second-order valence-corrected chi connectivity index (χ2v) is 3.58. The maximum atomic E-state index is 11.1. The van der Waals surface area contributed by atoms with Crippen molar-refractivity contribution in [3.05, 3.63) is 59.9 Å². The molecule has 0 unspecified atom stereocenters. The molecule has 0 spiro atoms. The van der Waals surface area contributed by atoms with Gasteiger partial charge in [0.2, 0.25) is 0 Å². The summed E-state index contributed by atoms with van der Waals surface area (Å²) in [5.41, 5.74) is 6.51. The average Bonchev–Trinajstić information content (AvgIpc) is 2.69. The Bertz CT molecular complexity index is 555. The number of fused-ring (bicyclic) bond motifs is 1. The van der Waals surface area contributed by atoms with E-state index in [9.17, 15) is 9.59 Å². The van der Waals surface area contributed by atoms with E-state index in [1.54, 1.807) is 30.6 Å². The number of nitrogen functional groups attached to an aromatic ring is 1. The first-order valence-electron chi connectivity index (χ1n) is 5.29. The molecule has 2 amide bonds. The highest BCUT2D eigenvalue weighted by molar-refractivity contribution is 6.23. The fourth-order valence-corrected chi connectivity index (χ4v) is 1.56. The molecule has 18 heavy (non-hydrogen) atoms. The Kier molecular flexibility index (Phi) is 3.33. The lowest BCUT2D eigenvalue weighted by molar-refractivity contribution is 0.0880. The van der Waals surface area contributed by atoms with Crippen LogP contribution in [0.1, 0.15) is 20.7 Å². The predicted molar refractivity (Wildman–Crippen MR) is 66.9 cm³/mol. The fraction of sp³-hybridized carbons (Fsp3) is 0. The predicted octanol–water partition coefficient (Wildman–Crippen LogP) is 1.23. The molecule has 0 bridgehead atoms. The van der Waals surface area contributed by atoms with Crippen LogP contribution < -0.4 is 11.1 Å². The molecule has 0 fully saturated rings. The number of hydrogen-bond donors (Lipinski definition) is 2. The van der Waals surface area contributed by atoms with E-state index >= 15 is 0 Å². The highest BCUT2D eigenvalue weighted by atomic mass is 16.2. The lowest BCUT2D eigenvalue weighted by Crippen LogP contribution is -2.20. The Labute approximate surface area is 104 Å². The summed E-state index contributed by atoms with van der Waals surface area (Å²) in [7, 11) is 0. The van der Waals surface area contributed by atoms with Crippen LogP contribution in [0.4, 0.5) is 5.69 Å². The lowest BCUT2D eigenvalue weighted by atomic mass is 10.1. The van der Waals surface area contributed by atoms with Crippen LogP contribution in [0.2, 0.25) is 0 Å². The van der Waals surface area contributed by atoms with Crippen molar-refractivity contribution in [1.29, 1.82) is 0 Å². The van der Waals surface area contributed by atoms with E-state index in [-0.39, 0.29) is 5.91 Å². The Balaban J connectivity index is 0.000000169. The Hall–Kier alpha value is -2.69. The maximum absolute atomic E-state index is 11.1. The number of nitrogens with one attached hydrogen (secondary N) is 1. The summed E-state index contributed by atoms with van der Waals surface area (Å²) in [5, 5.41) is 2.17. The number of pyridine rings is 1. The zero-order valence-corrected chi connectivity index (χ0v) is 9.46. The van der Waals surface area contributed by atoms with Gasteiger partial charge < -0.3 is 5.73 Å². The molecule has 2 heterocycles. The van der Waals surface area contributed by atoms with Gasteiger partial charge in [-0.05, 0) is 24.3 Å². The summed E-state index contributed by atoms with van der Waals surface area (Å²) in [6, 6.07) is 10.5. The lowest BCUT2D eigenvalue weighted by Gasteiger charge is -1.96. The number of carbonyl (C=O) groups excluding carboxylic acids is 2. The summed E-state index contributed by atoms with van der Waals surface area (Å²) in [6.07, 6.45) is 3.50. The van der Waals surface area contributed by atoms with Crippen molar-refractivity contribution in [2.24, 2.45) is 0 Å². The monoisotopic (exact) mass is 241 g/mol. The molecule has 1 aliphatic rings. The first kappa shape index (κ1) is 11.8. The van der Waals surface area contributed by atoms with Crippen LogP contribution in [0.3, 0.4) is 0 Å². The SMILES string of the molecule is Nc1cccc2c1C(=O)NC2=O.c1ccncc1. The Morgan fingerprint density at radius 1 is 0.944 bits per heavy atom. The first-order chi connectivity index (χ1) is 8.70. The van der Waals surface area contributed by atoms with Gasteiger partial charge >= 0.3 is 0 Å². The van der Waals surface area contributed by atoms with Gasteiger partial charge in [0, 0.05) is 18.1 Å². The fourth-order valence-electron chi connectivity index (χ4n) is 1.56. The van der Waals surface area contributed by atoms with Crippen LogP contribution in [0, 0.1) is 0 Å². The molecule has 2 aromatic rings. The third kappa shape index (κ3) is 2.35. The number of imide groups is 1. The summed E-state index contributed by atoms with van der Waals surface area (Å²) in [6.45, 7) is 0. The molecule has 0 atom stereocenters. The molecule has 3 N–H and O–H groups in total. The summed E-state index contributed by atoms with van der Waals surface area (Å²) in [5.74, 6) is -0.782. The Morgan fingerprint density at radius 3 is 2.17 bits per heavy atom. The number of carbonyl (C=O) groups is 2. The third-order valence-corrected chi connectivity index (χ3v) is 2.36.